The maximum Gasteiger partial charge on any atom is 0.0406 e. The van der Waals surface area contributed by atoms with E-state index in [9.17, 15) is 0 Å². The molecule has 108 valence electrons. The van der Waals surface area contributed by atoms with Gasteiger partial charge in [-0.2, -0.15) is 0 Å². The molecule has 0 saturated carbocycles. The van der Waals surface area contributed by atoms with Gasteiger partial charge in [-0.15, -0.1) is 11.3 Å². The Bertz CT molecular complexity index is 544. The summed E-state index contributed by atoms with van der Waals surface area (Å²) < 4.78 is 0. The molecule has 0 saturated heterocycles. The van der Waals surface area contributed by atoms with Crippen molar-refractivity contribution in [2.75, 3.05) is 0 Å². The van der Waals surface area contributed by atoms with Gasteiger partial charge in [-0.3, -0.25) is 0 Å². The van der Waals surface area contributed by atoms with Crippen LogP contribution in [0.25, 0.3) is 0 Å². The molecule has 2 atom stereocenters. The van der Waals surface area contributed by atoms with Gasteiger partial charge in [-0.05, 0) is 54.5 Å². The zero-order valence-corrected chi connectivity index (χ0v) is 14.1. The summed E-state index contributed by atoms with van der Waals surface area (Å²) in [4.78, 5) is 1.42. The molecule has 1 nitrogen and oxygen atoms in total. The first-order valence-corrected chi connectivity index (χ1v) is 8.30. The molecule has 0 aliphatic carbocycles. The number of thiophene rings is 1. The standard InChI is InChI=1S/C17H22ClNS/c1-11(2)16(14-5-7-15(18)8-6-14)19-13(4)17-12(3)9-10-20-17/h5-11,13,16,19H,1-4H3. The second kappa shape index (κ2) is 6.75. The molecule has 1 heterocycles. The monoisotopic (exact) mass is 307 g/mol. The molecule has 1 aromatic heterocycles. The Kier molecular flexibility index (Phi) is 5.25. The summed E-state index contributed by atoms with van der Waals surface area (Å²) >= 11 is 7.81. The molecule has 2 unspecified atom stereocenters. The fourth-order valence-electron chi connectivity index (χ4n) is 2.52. The first-order chi connectivity index (χ1) is 9.49. The first-order valence-electron chi connectivity index (χ1n) is 7.04. The molecular weight excluding hydrogens is 286 g/mol. The maximum absolute atomic E-state index is 5.98. The van der Waals surface area contributed by atoms with Crippen LogP contribution in [-0.2, 0) is 0 Å². The topological polar surface area (TPSA) is 12.0 Å². The molecule has 2 rings (SSSR count). The van der Waals surface area contributed by atoms with E-state index in [1.165, 1.54) is 16.0 Å². The van der Waals surface area contributed by atoms with Crippen molar-refractivity contribution in [3.63, 3.8) is 0 Å². The van der Waals surface area contributed by atoms with Crippen molar-refractivity contribution in [2.45, 2.75) is 39.8 Å². The van der Waals surface area contributed by atoms with E-state index in [0.29, 0.717) is 18.0 Å². The van der Waals surface area contributed by atoms with Crippen LogP contribution in [-0.4, -0.2) is 0 Å². The van der Waals surface area contributed by atoms with E-state index >= 15 is 0 Å². The van der Waals surface area contributed by atoms with Crippen molar-refractivity contribution < 1.29 is 0 Å². The zero-order chi connectivity index (χ0) is 14.7. The number of aryl methyl sites for hydroxylation is 1. The largest absolute Gasteiger partial charge is 0.302 e. The summed E-state index contributed by atoms with van der Waals surface area (Å²) in [6.45, 7) is 8.92. The molecule has 1 aromatic carbocycles. The highest BCUT2D eigenvalue weighted by Gasteiger charge is 2.20. The van der Waals surface area contributed by atoms with Gasteiger partial charge in [0.15, 0.2) is 0 Å². The van der Waals surface area contributed by atoms with Crippen LogP contribution in [0.1, 0.15) is 48.9 Å². The van der Waals surface area contributed by atoms with Crippen molar-refractivity contribution in [1.82, 2.24) is 5.32 Å². The molecule has 0 aliphatic rings. The van der Waals surface area contributed by atoms with Crippen molar-refractivity contribution >= 4 is 22.9 Å². The SMILES string of the molecule is Cc1ccsc1C(C)NC(c1ccc(Cl)cc1)C(C)C. The van der Waals surface area contributed by atoms with Crippen LogP contribution in [0.4, 0.5) is 0 Å². The Labute approximate surface area is 131 Å². The van der Waals surface area contributed by atoms with E-state index in [1.807, 2.05) is 23.5 Å². The van der Waals surface area contributed by atoms with E-state index in [1.54, 1.807) is 0 Å². The molecule has 0 fully saturated rings. The number of nitrogens with one attached hydrogen (secondary N) is 1. The molecule has 3 heteroatoms. The van der Waals surface area contributed by atoms with Gasteiger partial charge in [0.2, 0.25) is 0 Å². The summed E-state index contributed by atoms with van der Waals surface area (Å²) in [5.74, 6) is 0.527. The predicted molar refractivity (Wildman–Crippen MR) is 89.6 cm³/mol. The number of hydrogen-bond donors (Lipinski definition) is 1. The van der Waals surface area contributed by atoms with Crippen LogP contribution in [0.2, 0.25) is 5.02 Å². The summed E-state index contributed by atoms with van der Waals surface area (Å²) in [6, 6.07) is 11.1. The third kappa shape index (κ3) is 3.63. The Morgan fingerprint density at radius 1 is 1.05 bits per heavy atom. The Morgan fingerprint density at radius 2 is 1.70 bits per heavy atom. The fraction of sp³-hybridized carbons (Fsp3) is 0.412. The lowest BCUT2D eigenvalue weighted by Crippen LogP contribution is -2.28. The van der Waals surface area contributed by atoms with E-state index in [4.69, 9.17) is 11.6 Å². The van der Waals surface area contributed by atoms with Crippen LogP contribution in [0.5, 0.6) is 0 Å². The molecule has 0 amide bonds. The fourth-order valence-corrected chi connectivity index (χ4v) is 3.59. The Morgan fingerprint density at radius 3 is 2.20 bits per heavy atom. The molecule has 0 spiro atoms. The van der Waals surface area contributed by atoms with Crippen LogP contribution in [0.15, 0.2) is 35.7 Å². The minimum absolute atomic E-state index is 0.337. The highest BCUT2D eigenvalue weighted by atomic mass is 35.5. The van der Waals surface area contributed by atoms with E-state index in [2.05, 4.69) is 56.6 Å². The average Bonchev–Trinajstić information content (AvgIpc) is 2.83. The smallest absolute Gasteiger partial charge is 0.0406 e. The van der Waals surface area contributed by atoms with Crippen molar-refractivity contribution in [2.24, 2.45) is 5.92 Å². The molecular formula is C17H22ClNS. The second-order valence-electron chi connectivity index (χ2n) is 5.63. The van der Waals surface area contributed by atoms with Crippen molar-refractivity contribution in [3.8, 4) is 0 Å². The van der Waals surface area contributed by atoms with E-state index in [0.717, 1.165) is 5.02 Å². The Balaban J connectivity index is 2.18. The zero-order valence-electron chi connectivity index (χ0n) is 12.5. The van der Waals surface area contributed by atoms with Gasteiger partial charge in [0, 0.05) is 22.0 Å². The Hall–Kier alpha value is -0.830. The van der Waals surface area contributed by atoms with E-state index < -0.39 is 0 Å². The summed E-state index contributed by atoms with van der Waals surface area (Å²) in [5, 5.41) is 6.72. The first kappa shape index (κ1) is 15.6. The molecule has 0 radical (unpaired) electrons. The second-order valence-corrected chi connectivity index (χ2v) is 7.01. The predicted octanol–water partition coefficient (Wildman–Crippen LogP) is 5.76. The number of rotatable bonds is 5. The summed E-state index contributed by atoms with van der Waals surface area (Å²) in [7, 11) is 0. The average molecular weight is 308 g/mol. The molecule has 1 N–H and O–H groups in total. The minimum Gasteiger partial charge on any atom is -0.302 e. The number of benzene rings is 1. The molecule has 2 aromatic rings. The lowest BCUT2D eigenvalue weighted by atomic mass is 9.95. The third-order valence-corrected chi connectivity index (χ3v) is 5.07. The van der Waals surface area contributed by atoms with Gasteiger partial charge < -0.3 is 5.32 Å². The van der Waals surface area contributed by atoms with Crippen LogP contribution < -0.4 is 5.32 Å². The van der Waals surface area contributed by atoms with Crippen molar-refractivity contribution in [1.29, 1.82) is 0 Å². The van der Waals surface area contributed by atoms with Crippen LogP contribution in [0, 0.1) is 12.8 Å². The van der Waals surface area contributed by atoms with Gasteiger partial charge in [0.05, 0.1) is 0 Å². The molecule has 20 heavy (non-hydrogen) atoms. The summed E-state index contributed by atoms with van der Waals surface area (Å²) in [5.41, 5.74) is 2.67. The van der Waals surface area contributed by atoms with E-state index in [-0.39, 0.29) is 0 Å². The van der Waals surface area contributed by atoms with Gasteiger partial charge >= 0.3 is 0 Å². The highest BCUT2D eigenvalue weighted by Crippen LogP contribution is 2.30. The normalized spacial score (nSPS) is 14.5. The highest BCUT2D eigenvalue weighted by molar-refractivity contribution is 7.10. The van der Waals surface area contributed by atoms with Crippen molar-refractivity contribution in [3.05, 3.63) is 56.7 Å². The maximum atomic E-state index is 5.98. The lowest BCUT2D eigenvalue weighted by Gasteiger charge is -2.27. The lowest BCUT2D eigenvalue weighted by molar-refractivity contribution is 0.376. The molecule has 0 aliphatic heterocycles. The van der Waals surface area contributed by atoms with Crippen LogP contribution in [0.3, 0.4) is 0 Å². The van der Waals surface area contributed by atoms with Gasteiger partial charge in [0.25, 0.3) is 0 Å². The van der Waals surface area contributed by atoms with Gasteiger partial charge in [-0.25, -0.2) is 0 Å². The molecule has 0 bridgehead atoms. The number of hydrogen-bond acceptors (Lipinski definition) is 2. The third-order valence-electron chi connectivity index (χ3n) is 3.62. The number of halogens is 1. The minimum atomic E-state index is 0.337. The van der Waals surface area contributed by atoms with Gasteiger partial charge in [0.1, 0.15) is 0 Å². The van der Waals surface area contributed by atoms with Gasteiger partial charge in [-0.1, -0.05) is 37.6 Å². The quantitative estimate of drug-likeness (QED) is 0.740. The van der Waals surface area contributed by atoms with Crippen LogP contribution >= 0.6 is 22.9 Å². The summed E-state index contributed by atoms with van der Waals surface area (Å²) in [6.07, 6.45) is 0.